The molecule has 5 nitrogen and oxygen atoms in total. The molecule has 0 spiro atoms. The van der Waals surface area contributed by atoms with Gasteiger partial charge in [-0.2, -0.15) is 4.39 Å². The lowest BCUT2D eigenvalue weighted by molar-refractivity contribution is 0.0191. The van der Waals surface area contributed by atoms with Crippen LogP contribution in [0.5, 0.6) is 0 Å². The zero-order valence-electron chi connectivity index (χ0n) is 13.0. The van der Waals surface area contributed by atoms with Gasteiger partial charge in [-0.3, -0.25) is 4.90 Å². The van der Waals surface area contributed by atoms with E-state index in [0.29, 0.717) is 25.3 Å². The van der Waals surface area contributed by atoms with Gasteiger partial charge in [0.25, 0.3) is 0 Å². The first kappa shape index (κ1) is 16.1. The van der Waals surface area contributed by atoms with Crippen molar-refractivity contribution in [3.05, 3.63) is 24.3 Å². The number of terminal acetylenes is 1. The summed E-state index contributed by atoms with van der Waals surface area (Å²) in [4.78, 5) is 19.2. The zero-order chi connectivity index (χ0) is 16.3. The number of halogens is 1. The summed E-state index contributed by atoms with van der Waals surface area (Å²) in [6.45, 7) is 6.84. The van der Waals surface area contributed by atoms with Gasteiger partial charge in [0.1, 0.15) is 11.6 Å². The zero-order valence-corrected chi connectivity index (χ0v) is 13.0. The minimum atomic E-state index is -0.568. The van der Waals surface area contributed by atoms with Crippen LogP contribution >= 0.6 is 0 Å². The number of carbonyl (C=O) groups excluding carboxylic acids is 1. The molecular formula is C16H20FN3O2. The third-order valence-corrected chi connectivity index (χ3v) is 3.28. The van der Waals surface area contributed by atoms with Crippen molar-refractivity contribution in [3.8, 4) is 12.3 Å². The fraction of sp³-hybridized carbons (Fsp3) is 0.500. The maximum absolute atomic E-state index is 13.2. The normalized spacial score (nSPS) is 18.8. The van der Waals surface area contributed by atoms with Crippen LogP contribution in [0.2, 0.25) is 0 Å². The Morgan fingerprint density at radius 3 is 2.82 bits per heavy atom. The molecule has 118 valence electrons. The number of hydrogen-bond acceptors (Lipinski definition) is 4. The second-order valence-corrected chi connectivity index (χ2v) is 6.14. The Kier molecular flexibility index (Phi) is 4.55. The minimum Gasteiger partial charge on any atom is -0.444 e. The van der Waals surface area contributed by atoms with E-state index >= 15 is 0 Å². The quantitative estimate of drug-likeness (QED) is 0.590. The molecule has 2 rings (SSSR count). The number of piperazine rings is 1. The third kappa shape index (κ3) is 3.88. The van der Waals surface area contributed by atoms with Crippen molar-refractivity contribution in [2.24, 2.45) is 0 Å². The molecule has 1 aromatic rings. The Hall–Kier alpha value is -2.29. The van der Waals surface area contributed by atoms with Crippen molar-refractivity contribution in [1.29, 1.82) is 0 Å². The van der Waals surface area contributed by atoms with E-state index in [9.17, 15) is 9.18 Å². The van der Waals surface area contributed by atoms with Crippen molar-refractivity contribution in [2.45, 2.75) is 32.4 Å². The molecule has 0 N–H and O–H groups in total. The smallest absolute Gasteiger partial charge is 0.411 e. The van der Waals surface area contributed by atoms with Gasteiger partial charge >= 0.3 is 6.09 Å². The lowest BCUT2D eigenvalue weighted by Gasteiger charge is -2.40. The van der Waals surface area contributed by atoms with Gasteiger partial charge in [0.15, 0.2) is 0 Å². The summed E-state index contributed by atoms with van der Waals surface area (Å²) in [5.74, 6) is 2.07. The maximum Gasteiger partial charge on any atom is 0.411 e. The molecule has 6 heteroatoms. The standard InChI is InChI=1S/C16H20FN3O2/c1-5-12-11-19(13-6-7-18-14(17)10-13)8-9-20(12)15(21)22-16(2,3)4/h1,6-7,10,12H,8-9,11H2,2-4H3/t12-/m0/s1. The Morgan fingerprint density at radius 1 is 1.50 bits per heavy atom. The number of anilines is 1. The second-order valence-electron chi connectivity index (χ2n) is 6.14. The maximum atomic E-state index is 13.2. The van der Waals surface area contributed by atoms with Crippen molar-refractivity contribution < 1.29 is 13.9 Å². The summed E-state index contributed by atoms with van der Waals surface area (Å²) in [5.41, 5.74) is 0.137. The summed E-state index contributed by atoms with van der Waals surface area (Å²) in [6, 6.07) is 2.66. The van der Waals surface area contributed by atoms with E-state index in [4.69, 9.17) is 11.2 Å². The SMILES string of the molecule is C#C[C@H]1CN(c2ccnc(F)c2)CCN1C(=O)OC(C)(C)C. The van der Waals surface area contributed by atoms with Crippen LogP contribution in [0.25, 0.3) is 0 Å². The second kappa shape index (κ2) is 6.22. The lowest BCUT2D eigenvalue weighted by atomic mass is 10.1. The molecular weight excluding hydrogens is 285 g/mol. The molecule has 22 heavy (non-hydrogen) atoms. The number of ether oxygens (including phenoxy) is 1. The molecule has 2 heterocycles. The fourth-order valence-corrected chi connectivity index (χ4v) is 2.29. The Morgan fingerprint density at radius 2 is 2.23 bits per heavy atom. The average Bonchev–Trinajstić information content (AvgIpc) is 2.44. The topological polar surface area (TPSA) is 45.7 Å². The first-order valence-electron chi connectivity index (χ1n) is 7.12. The molecule has 1 aliphatic heterocycles. The van der Waals surface area contributed by atoms with Crippen molar-refractivity contribution in [1.82, 2.24) is 9.88 Å². The van der Waals surface area contributed by atoms with Gasteiger partial charge in [-0.15, -0.1) is 6.42 Å². The first-order valence-corrected chi connectivity index (χ1v) is 7.12. The molecule has 0 radical (unpaired) electrons. The van der Waals surface area contributed by atoms with E-state index in [1.54, 1.807) is 11.0 Å². The average molecular weight is 305 g/mol. The summed E-state index contributed by atoms with van der Waals surface area (Å²) in [6.07, 6.45) is 6.54. The lowest BCUT2D eigenvalue weighted by Crippen LogP contribution is -2.55. The monoisotopic (exact) mass is 305 g/mol. The Balaban J connectivity index is 2.09. The first-order chi connectivity index (χ1) is 10.3. The van der Waals surface area contributed by atoms with Gasteiger partial charge in [0.05, 0.1) is 0 Å². The predicted molar refractivity (Wildman–Crippen MR) is 82.0 cm³/mol. The van der Waals surface area contributed by atoms with E-state index in [0.717, 1.165) is 0 Å². The molecule has 0 saturated carbocycles. The van der Waals surface area contributed by atoms with Crippen LogP contribution in [0, 0.1) is 18.3 Å². The van der Waals surface area contributed by atoms with E-state index in [1.165, 1.54) is 12.3 Å². The molecule has 1 amide bonds. The molecule has 0 unspecified atom stereocenters. The van der Waals surface area contributed by atoms with Crippen LogP contribution in [0.15, 0.2) is 18.3 Å². The Labute approximate surface area is 130 Å². The molecule has 1 atom stereocenters. The summed E-state index contributed by atoms with van der Waals surface area (Å²) in [5, 5.41) is 0. The number of aromatic nitrogens is 1. The molecule has 1 aromatic heterocycles. The highest BCUT2D eigenvalue weighted by molar-refractivity contribution is 5.70. The van der Waals surface area contributed by atoms with E-state index in [1.807, 2.05) is 25.7 Å². The molecule has 1 aliphatic rings. The van der Waals surface area contributed by atoms with Crippen LogP contribution in [0.1, 0.15) is 20.8 Å². The number of amides is 1. The molecule has 1 fully saturated rings. The Bertz CT molecular complexity index is 592. The highest BCUT2D eigenvalue weighted by Crippen LogP contribution is 2.21. The molecule has 0 aliphatic carbocycles. The summed E-state index contributed by atoms with van der Waals surface area (Å²) in [7, 11) is 0. The highest BCUT2D eigenvalue weighted by Gasteiger charge is 2.32. The molecule has 1 saturated heterocycles. The third-order valence-electron chi connectivity index (χ3n) is 3.28. The van der Waals surface area contributed by atoms with Gasteiger partial charge < -0.3 is 9.64 Å². The highest BCUT2D eigenvalue weighted by atomic mass is 19.1. The van der Waals surface area contributed by atoms with Crippen LogP contribution in [-0.2, 0) is 4.74 Å². The molecule has 0 bridgehead atoms. The fourth-order valence-electron chi connectivity index (χ4n) is 2.29. The van der Waals surface area contributed by atoms with Crippen molar-refractivity contribution in [3.63, 3.8) is 0 Å². The van der Waals surface area contributed by atoms with E-state index < -0.39 is 23.7 Å². The molecule has 0 aromatic carbocycles. The van der Waals surface area contributed by atoms with E-state index in [2.05, 4.69) is 10.9 Å². The number of carbonyl (C=O) groups is 1. The van der Waals surface area contributed by atoms with Gasteiger partial charge in [-0.1, -0.05) is 5.92 Å². The van der Waals surface area contributed by atoms with Crippen LogP contribution in [-0.4, -0.2) is 47.3 Å². The number of nitrogens with zero attached hydrogens (tertiary/aromatic N) is 3. The van der Waals surface area contributed by atoms with Gasteiger partial charge in [0, 0.05) is 37.6 Å². The van der Waals surface area contributed by atoms with Crippen LogP contribution in [0.4, 0.5) is 14.9 Å². The van der Waals surface area contributed by atoms with Crippen molar-refractivity contribution >= 4 is 11.8 Å². The van der Waals surface area contributed by atoms with Crippen molar-refractivity contribution in [2.75, 3.05) is 24.5 Å². The number of rotatable bonds is 1. The number of hydrogen-bond donors (Lipinski definition) is 0. The van der Waals surface area contributed by atoms with Gasteiger partial charge in [0.2, 0.25) is 5.95 Å². The largest absolute Gasteiger partial charge is 0.444 e. The van der Waals surface area contributed by atoms with E-state index in [-0.39, 0.29) is 0 Å². The number of pyridine rings is 1. The van der Waals surface area contributed by atoms with Gasteiger partial charge in [-0.25, -0.2) is 9.78 Å². The van der Waals surface area contributed by atoms with Crippen LogP contribution in [0.3, 0.4) is 0 Å². The van der Waals surface area contributed by atoms with Crippen LogP contribution < -0.4 is 4.90 Å². The summed E-state index contributed by atoms with van der Waals surface area (Å²) >= 11 is 0. The van der Waals surface area contributed by atoms with Gasteiger partial charge in [-0.05, 0) is 26.8 Å². The summed E-state index contributed by atoms with van der Waals surface area (Å²) < 4.78 is 18.6. The minimum absolute atomic E-state index is 0.417. The predicted octanol–water partition coefficient (Wildman–Crippen LogP) is 2.28.